The molecule has 4 nitrogen and oxygen atoms in total. The predicted molar refractivity (Wildman–Crippen MR) is 118 cm³/mol. The summed E-state index contributed by atoms with van der Waals surface area (Å²) in [5, 5.41) is 0.878. The minimum absolute atomic E-state index is 0.136. The van der Waals surface area contributed by atoms with Crippen LogP contribution in [0.15, 0.2) is 48.7 Å². The zero-order chi connectivity index (χ0) is 23.2. The molecule has 1 saturated carbocycles. The van der Waals surface area contributed by atoms with E-state index in [0.29, 0.717) is 22.9 Å². The lowest BCUT2D eigenvalue weighted by atomic mass is 9.73. The van der Waals surface area contributed by atoms with Gasteiger partial charge in [-0.15, -0.1) is 13.2 Å². The van der Waals surface area contributed by atoms with E-state index in [2.05, 4.69) is 26.6 Å². The van der Waals surface area contributed by atoms with Gasteiger partial charge in [0.25, 0.3) is 0 Å². The highest BCUT2D eigenvalue weighted by Crippen LogP contribution is 2.43. The molecule has 1 aliphatic carbocycles. The van der Waals surface area contributed by atoms with Crippen molar-refractivity contribution in [2.24, 2.45) is 5.92 Å². The summed E-state index contributed by atoms with van der Waals surface area (Å²) in [5.74, 6) is 1.13. The van der Waals surface area contributed by atoms with E-state index in [1.165, 1.54) is 24.3 Å². The van der Waals surface area contributed by atoms with Gasteiger partial charge >= 0.3 is 6.36 Å². The normalized spacial score (nSPS) is 20.3. The molecule has 0 radical (unpaired) electrons. The van der Waals surface area contributed by atoms with E-state index in [-0.39, 0.29) is 17.5 Å². The van der Waals surface area contributed by atoms with Crippen LogP contribution in [0.1, 0.15) is 55.8 Å². The number of ether oxygens (including phenoxy) is 1. The van der Waals surface area contributed by atoms with Gasteiger partial charge < -0.3 is 9.72 Å². The minimum Gasteiger partial charge on any atom is -0.406 e. The standard InChI is InChI=1S/C25H23F4N3O/c1-14(24-31-22-9-7-18(13-23(22)32-24)33-25(27,28)29)15-2-4-16(5-3-15)19-10-11-30-21-8-6-17(26)12-20(19)21/h6-16H,2-5H2,1H3,(H,31,32). The molecule has 8 heteroatoms. The van der Waals surface area contributed by atoms with Crippen molar-refractivity contribution in [1.29, 1.82) is 0 Å². The topological polar surface area (TPSA) is 50.8 Å². The Morgan fingerprint density at radius 1 is 1.00 bits per heavy atom. The number of H-pyrrole nitrogens is 1. The maximum Gasteiger partial charge on any atom is 0.573 e. The van der Waals surface area contributed by atoms with Crippen LogP contribution in [0, 0.1) is 11.7 Å². The quantitative estimate of drug-likeness (QED) is 0.329. The summed E-state index contributed by atoms with van der Waals surface area (Å²) < 4.78 is 55.4. The van der Waals surface area contributed by atoms with E-state index in [1.807, 2.05) is 6.07 Å². The van der Waals surface area contributed by atoms with Crippen molar-refractivity contribution in [1.82, 2.24) is 15.0 Å². The highest BCUT2D eigenvalue weighted by atomic mass is 19.4. The molecule has 1 fully saturated rings. The number of imidazole rings is 1. The smallest absolute Gasteiger partial charge is 0.406 e. The molecule has 0 aliphatic heterocycles. The molecule has 2 aromatic heterocycles. The van der Waals surface area contributed by atoms with Crippen LogP contribution in [0.5, 0.6) is 5.75 Å². The zero-order valence-electron chi connectivity index (χ0n) is 18.0. The number of alkyl halides is 3. The molecular formula is C25H23F4N3O. The van der Waals surface area contributed by atoms with E-state index in [4.69, 9.17) is 0 Å². The number of hydrogen-bond acceptors (Lipinski definition) is 3. The van der Waals surface area contributed by atoms with Crippen molar-refractivity contribution >= 4 is 21.9 Å². The minimum atomic E-state index is -4.73. The van der Waals surface area contributed by atoms with Crippen LogP contribution in [-0.2, 0) is 0 Å². The first-order chi connectivity index (χ1) is 15.8. The fourth-order valence-corrected chi connectivity index (χ4v) is 5.07. The van der Waals surface area contributed by atoms with Crippen molar-refractivity contribution in [2.45, 2.75) is 50.8 Å². The van der Waals surface area contributed by atoms with E-state index in [1.54, 1.807) is 18.3 Å². The van der Waals surface area contributed by atoms with E-state index >= 15 is 0 Å². The Morgan fingerprint density at radius 2 is 1.76 bits per heavy atom. The molecule has 1 atom stereocenters. The second-order valence-corrected chi connectivity index (χ2v) is 8.81. The van der Waals surface area contributed by atoms with Crippen LogP contribution in [-0.4, -0.2) is 21.3 Å². The van der Waals surface area contributed by atoms with Gasteiger partial charge in [-0.1, -0.05) is 6.92 Å². The van der Waals surface area contributed by atoms with Crippen LogP contribution in [0.25, 0.3) is 21.9 Å². The molecule has 2 aromatic carbocycles. The second-order valence-electron chi connectivity index (χ2n) is 8.81. The van der Waals surface area contributed by atoms with Crippen LogP contribution in [0.4, 0.5) is 17.6 Å². The molecule has 4 aromatic rings. The third-order valence-corrected chi connectivity index (χ3v) is 6.79. The molecule has 1 aliphatic rings. The Labute approximate surface area is 188 Å². The van der Waals surface area contributed by atoms with Crippen molar-refractivity contribution in [3.8, 4) is 5.75 Å². The third-order valence-electron chi connectivity index (χ3n) is 6.79. The Bertz CT molecular complexity index is 1290. The van der Waals surface area contributed by atoms with Crippen molar-refractivity contribution in [3.63, 3.8) is 0 Å². The highest BCUT2D eigenvalue weighted by molar-refractivity contribution is 5.82. The summed E-state index contributed by atoms with van der Waals surface area (Å²) in [5.41, 5.74) is 3.09. The summed E-state index contributed by atoms with van der Waals surface area (Å²) in [7, 11) is 0. The van der Waals surface area contributed by atoms with Gasteiger partial charge in [0.2, 0.25) is 0 Å². The van der Waals surface area contributed by atoms with Gasteiger partial charge in [0, 0.05) is 23.6 Å². The average molecular weight is 457 g/mol. The molecule has 5 rings (SSSR count). The highest BCUT2D eigenvalue weighted by Gasteiger charge is 2.32. The Balaban J connectivity index is 1.30. The average Bonchev–Trinajstić information content (AvgIpc) is 3.20. The van der Waals surface area contributed by atoms with Gasteiger partial charge in [0.1, 0.15) is 17.4 Å². The zero-order valence-corrected chi connectivity index (χ0v) is 18.0. The van der Waals surface area contributed by atoms with Crippen molar-refractivity contribution in [3.05, 3.63) is 65.9 Å². The lowest BCUT2D eigenvalue weighted by Gasteiger charge is -2.32. The predicted octanol–water partition coefficient (Wildman–Crippen LogP) is 7.23. The summed E-state index contributed by atoms with van der Waals surface area (Å²) in [6.45, 7) is 2.10. The molecular weight excluding hydrogens is 434 g/mol. The number of aromatic nitrogens is 3. The second kappa shape index (κ2) is 8.32. The Kier molecular flexibility index (Phi) is 5.46. The molecule has 0 saturated heterocycles. The number of benzene rings is 2. The van der Waals surface area contributed by atoms with Crippen molar-refractivity contribution < 1.29 is 22.3 Å². The number of rotatable bonds is 4. The van der Waals surface area contributed by atoms with Crippen LogP contribution in [0.2, 0.25) is 0 Å². The number of aromatic amines is 1. The third kappa shape index (κ3) is 4.51. The fourth-order valence-electron chi connectivity index (χ4n) is 5.07. The van der Waals surface area contributed by atoms with Crippen LogP contribution < -0.4 is 4.74 Å². The monoisotopic (exact) mass is 457 g/mol. The van der Waals surface area contributed by atoms with Crippen LogP contribution in [0.3, 0.4) is 0 Å². The molecule has 33 heavy (non-hydrogen) atoms. The number of nitrogens with zero attached hydrogens (tertiary/aromatic N) is 2. The number of fused-ring (bicyclic) bond motifs is 2. The van der Waals surface area contributed by atoms with Gasteiger partial charge in [0.15, 0.2) is 0 Å². The first-order valence-electron chi connectivity index (χ1n) is 11.1. The lowest BCUT2D eigenvalue weighted by Crippen LogP contribution is -2.19. The molecule has 0 amide bonds. The van der Waals surface area contributed by atoms with Gasteiger partial charge in [-0.25, -0.2) is 9.37 Å². The van der Waals surface area contributed by atoms with E-state index < -0.39 is 6.36 Å². The molecule has 2 heterocycles. The van der Waals surface area contributed by atoms with Gasteiger partial charge in [-0.05, 0) is 79.5 Å². The maximum atomic E-state index is 13.8. The molecule has 1 N–H and O–H groups in total. The number of hydrogen-bond donors (Lipinski definition) is 1. The molecule has 1 unspecified atom stereocenters. The van der Waals surface area contributed by atoms with Crippen LogP contribution >= 0.6 is 0 Å². The first kappa shape index (κ1) is 21.7. The molecule has 172 valence electrons. The summed E-state index contributed by atoms with van der Waals surface area (Å²) >= 11 is 0. The van der Waals surface area contributed by atoms with Gasteiger partial charge in [0.05, 0.1) is 16.6 Å². The number of nitrogens with one attached hydrogen (secondary N) is 1. The fraction of sp³-hybridized carbons (Fsp3) is 0.360. The SMILES string of the molecule is CC(c1nc2ccc(OC(F)(F)F)cc2[nH]1)C1CCC(c2ccnc3ccc(F)cc23)CC1. The van der Waals surface area contributed by atoms with E-state index in [0.717, 1.165) is 48.0 Å². The number of halogens is 4. The maximum absolute atomic E-state index is 13.8. The van der Waals surface area contributed by atoms with Gasteiger partial charge in [-0.3, -0.25) is 4.98 Å². The first-order valence-corrected chi connectivity index (χ1v) is 11.1. The Morgan fingerprint density at radius 3 is 2.52 bits per heavy atom. The lowest BCUT2D eigenvalue weighted by molar-refractivity contribution is -0.274. The van der Waals surface area contributed by atoms with Crippen molar-refractivity contribution in [2.75, 3.05) is 0 Å². The summed E-state index contributed by atoms with van der Waals surface area (Å²) in [6.07, 6.45) is 1.00. The molecule has 0 bridgehead atoms. The Hall–Kier alpha value is -3.16. The summed E-state index contributed by atoms with van der Waals surface area (Å²) in [6, 6.07) is 10.9. The van der Waals surface area contributed by atoms with E-state index in [9.17, 15) is 17.6 Å². The largest absolute Gasteiger partial charge is 0.573 e. The van der Waals surface area contributed by atoms with Gasteiger partial charge in [-0.2, -0.15) is 0 Å². The molecule has 0 spiro atoms. The number of pyridine rings is 1. The summed E-state index contributed by atoms with van der Waals surface area (Å²) in [4.78, 5) is 12.2.